The quantitative estimate of drug-likeness (QED) is 0.435. The van der Waals surface area contributed by atoms with Gasteiger partial charge in [0.15, 0.2) is 0 Å². The van der Waals surface area contributed by atoms with E-state index in [9.17, 15) is 9.59 Å². The molecule has 1 aromatic heterocycles. The molecule has 0 aliphatic carbocycles. The Hall–Kier alpha value is -3.77. The van der Waals surface area contributed by atoms with Crippen LogP contribution in [0.5, 0.6) is 0 Å². The first-order valence-electron chi connectivity index (χ1n) is 11.8. The van der Waals surface area contributed by atoms with Gasteiger partial charge in [-0.3, -0.25) is 19.5 Å². The highest BCUT2D eigenvalue weighted by Crippen LogP contribution is 2.30. The summed E-state index contributed by atoms with van der Waals surface area (Å²) in [6.45, 7) is 4.21. The molecule has 1 unspecified atom stereocenters. The fraction of sp³-hybridized carbons (Fsp3) is 0.250. The zero-order valence-corrected chi connectivity index (χ0v) is 19.3. The van der Waals surface area contributed by atoms with E-state index in [0.717, 1.165) is 42.5 Å². The number of para-hydroxylation sites is 1. The number of aromatic nitrogens is 1. The molecule has 1 saturated heterocycles. The first-order chi connectivity index (χ1) is 16.6. The van der Waals surface area contributed by atoms with Crippen LogP contribution in [0.1, 0.15) is 30.1 Å². The van der Waals surface area contributed by atoms with Crippen molar-refractivity contribution in [3.05, 3.63) is 84.1 Å². The molecule has 6 heteroatoms. The smallest absolute Gasteiger partial charge is 0.313 e. The number of nitrogens with zero attached hydrogens (tertiary/aromatic N) is 2. The van der Waals surface area contributed by atoms with Gasteiger partial charge in [0.25, 0.3) is 0 Å². The van der Waals surface area contributed by atoms with E-state index < -0.39 is 11.8 Å². The molecule has 2 N–H and O–H groups in total. The average Bonchev–Trinajstić information content (AvgIpc) is 3.38. The monoisotopic (exact) mass is 452 g/mol. The standard InChI is InChI=1S/C28H28N4O2/c1-19-17-25(23-12-4-5-14-24(23)30-19)31-28(34)27(33)29-18-26(32-15-6-7-16-32)22-13-8-10-20-9-2-3-11-21(20)22/h2-5,8-14,17,26H,6-7,15-16,18H2,1H3,(H,29,33)(H,30,31,34). The largest absolute Gasteiger partial charge is 0.346 e. The van der Waals surface area contributed by atoms with Crippen LogP contribution in [0.2, 0.25) is 0 Å². The molecule has 2 amide bonds. The molecule has 34 heavy (non-hydrogen) atoms. The number of rotatable bonds is 5. The minimum atomic E-state index is -0.672. The van der Waals surface area contributed by atoms with Gasteiger partial charge in [-0.15, -0.1) is 0 Å². The zero-order valence-electron chi connectivity index (χ0n) is 19.3. The van der Waals surface area contributed by atoms with Crippen LogP contribution in [0.15, 0.2) is 72.8 Å². The highest BCUT2D eigenvalue weighted by molar-refractivity contribution is 6.40. The van der Waals surface area contributed by atoms with E-state index in [1.54, 1.807) is 6.07 Å². The number of amides is 2. The first-order valence-corrected chi connectivity index (χ1v) is 11.8. The van der Waals surface area contributed by atoms with E-state index in [0.29, 0.717) is 12.2 Å². The van der Waals surface area contributed by atoms with E-state index in [2.05, 4.69) is 50.8 Å². The van der Waals surface area contributed by atoms with Gasteiger partial charge in [-0.2, -0.15) is 0 Å². The Kier molecular flexibility index (Phi) is 6.23. The van der Waals surface area contributed by atoms with Gasteiger partial charge < -0.3 is 10.6 Å². The molecule has 0 radical (unpaired) electrons. The van der Waals surface area contributed by atoms with Crippen LogP contribution < -0.4 is 10.6 Å². The summed E-state index contributed by atoms with van der Waals surface area (Å²) in [7, 11) is 0. The van der Waals surface area contributed by atoms with Crippen molar-refractivity contribution in [1.29, 1.82) is 0 Å². The second-order valence-electron chi connectivity index (χ2n) is 8.82. The molecule has 0 bridgehead atoms. The van der Waals surface area contributed by atoms with Crippen molar-refractivity contribution < 1.29 is 9.59 Å². The van der Waals surface area contributed by atoms with Gasteiger partial charge in [-0.25, -0.2) is 0 Å². The Labute approximate surface area is 199 Å². The van der Waals surface area contributed by atoms with Crippen molar-refractivity contribution in [3.63, 3.8) is 0 Å². The van der Waals surface area contributed by atoms with Crippen LogP contribution in [0, 0.1) is 6.92 Å². The Morgan fingerprint density at radius 2 is 1.62 bits per heavy atom. The fourth-order valence-corrected chi connectivity index (χ4v) is 4.89. The highest BCUT2D eigenvalue weighted by atomic mass is 16.2. The lowest BCUT2D eigenvalue weighted by Gasteiger charge is -2.29. The molecule has 0 spiro atoms. The summed E-state index contributed by atoms with van der Waals surface area (Å²) >= 11 is 0. The molecule has 172 valence electrons. The number of aryl methyl sites for hydroxylation is 1. The van der Waals surface area contributed by atoms with E-state index in [-0.39, 0.29) is 6.04 Å². The van der Waals surface area contributed by atoms with E-state index in [4.69, 9.17) is 0 Å². The molecule has 3 aromatic carbocycles. The maximum absolute atomic E-state index is 12.8. The van der Waals surface area contributed by atoms with Crippen molar-refractivity contribution in [2.45, 2.75) is 25.8 Å². The van der Waals surface area contributed by atoms with Crippen molar-refractivity contribution in [2.24, 2.45) is 0 Å². The number of nitrogens with one attached hydrogen (secondary N) is 2. The van der Waals surface area contributed by atoms with E-state index >= 15 is 0 Å². The minimum absolute atomic E-state index is 0.00866. The van der Waals surface area contributed by atoms with Crippen LogP contribution in [0.3, 0.4) is 0 Å². The summed E-state index contributed by atoms with van der Waals surface area (Å²) < 4.78 is 0. The second-order valence-corrected chi connectivity index (χ2v) is 8.82. The third kappa shape index (κ3) is 4.50. The lowest BCUT2D eigenvalue weighted by atomic mass is 9.97. The number of anilines is 1. The van der Waals surface area contributed by atoms with E-state index in [1.807, 2.05) is 43.3 Å². The summed E-state index contributed by atoms with van der Waals surface area (Å²) in [5.41, 5.74) is 3.33. The topological polar surface area (TPSA) is 74.3 Å². The lowest BCUT2D eigenvalue weighted by Crippen LogP contribution is -2.41. The molecule has 1 atom stereocenters. The van der Waals surface area contributed by atoms with Crippen LogP contribution >= 0.6 is 0 Å². The maximum Gasteiger partial charge on any atom is 0.313 e. The number of likely N-dealkylation sites (tertiary alicyclic amines) is 1. The van der Waals surface area contributed by atoms with Gasteiger partial charge >= 0.3 is 11.8 Å². The van der Waals surface area contributed by atoms with Crippen molar-refractivity contribution in [3.8, 4) is 0 Å². The molecular formula is C28H28N4O2. The summed E-state index contributed by atoms with van der Waals surface area (Å²) in [5.74, 6) is -1.31. The number of hydrogen-bond donors (Lipinski definition) is 2. The summed E-state index contributed by atoms with van der Waals surface area (Å²) in [4.78, 5) is 32.5. The van der Waals surface area contributed by atoms with Gasteiger partial charge in [0.2, 0.25) is 0 Å². The molecule has 4 aromatic rings. The van der Waals surface area contributed by atoms with Crippen molar-refractivity contribution >= 4 is 39.2 Å². The summed E-state index contributed by atoms with van der Waals surface area (Å²) in [6.07, 6.45) is 2.29. The van der Waals surface area contributed by atoms with Crippen molar-refractivity contribution in [1.82, 2.24) is 15.2 Å². The third-order valence-corrected chi connectivity index (χ3v) is 6.52. The highest BCUT2D eigenvalue weighted by Gasteiger charge is 2.26. The molecule has 6 nitrogen and oxygen atoms in total. The first kappa shape index (κ1) is 22.0. The maximum atomic E-state index is 12.8. The second kappa shape index (κ2) is 9.61. The van der Waals surface area contributed by atoms with Crippen LogP contribution in [0.25, 0.3) is 21.7 Å². The Morgan fingerprint density at radius 3 is 2.44 bits per heavy atom. The summed E-state index contributed by atoms with van der Waals surface area (Å²) in [6, 6.07) is 24.0. The average molecular weight is 453 g/mol. The predicted molar refractivity (Wildman–Crippen MR) is 136 cm³/mol. The molecule has 1 aliphatic rings. The SMILES string of the molecule is Cc1cc(NC(=O)C(=O)NCC(c2cccc3ccccc23)N2CCCC2)c2ccccc2n1. The normalized spacial score (nSPS) is 14.9. The number of benzene rings is 3. The number of carbonyl (C=O) groups is 2. The minimum Gasteiger partial charge on any atom is -0.346 e. The molecule has 0 saturated carbocycles. The van der Waals surface area contributed by atoms with Crippen LogP contribution in [-0.4, -0.2) is 41.3 Å². The number of hydrogen-bond acceptors (Lipinski definition) is 4. The molecule has 5 rings (SSSR count). The number of fused-ring (bicyclic) bond motifs is 2. The predicted octanol–water partition coefficient (Wildman–Crippen LogP) is 4.59. The number of carbonyl (C=O) groups excluding carboxylic acids is 2. The molecule has 1 aliphatic heterocycles. The zero-order chi connectivity index (χ0) is 23.5. The molecule has 2 heterocycles. The van der Waals surface area contributed by atoms with Gasteiger partial charge in [0.05, 0.1) is 17.2 Å². The lowest BCUT2D eigenvalue weighted by molar-refractivity contribution is -0.136. The van der Waals surface area contributed by atoms with E-state index in [1.165, 1.54) is 16.3 Å². The van der Waals surface area contributed by atoms with Gasteiger partial charge in [-0.05, 0) is 61.3 Å². The Morgan fingerprint density at radius 1 is 0.912 bits per heavy atom. The number of pyridine rings is 1. The third-order valence-electron chi connectivity index (χ3n) is 6.52. The molecular weight excluding hydrogens is 424 g/mol. The Balaban J connectivity index is 1.35. The van der Waals surface area contributed by atoms with Gasteiger partial charge in [0, 0.05) is 17.6 Å². The van der Waals surface area contributed by atoms with Crippen molar-refractivity contribution in [2.75, 3.05) is 25.0 Å². The van der Waals surface area contributed by atoms with Crippen LogP contribution in [-0.2, 0) is 9.59 Å². The molecule has 1 fully saturated rings. The summed E-state index contributed by atoms with van der Waals surface area (Å²) in [5, 5.41) is 8.84. The van der Waals surface area contributed by atoms with Gasteiger partial charge in [-0.1, -0.05) is 60.7 Å². The fourth-order valence-electron chi connectivity index (χ4n) is 4.89. The van der Waals surface area contributed by atoms with Gasteiger partial charge in [0.1, 0.15) is 0 Å². The van der Waals surface area contributed by atoms with Crippen LogP contribution in [0.4, 0.5) is 5.69 Å². The Bertz CT molecular complexity index is 1360.